The van der Waals surface area contributed by atoms with Crippen molar-refractivity contribution >= 4 is 11.6 Å². The van der Waals surface area contributed by atoms with Gasteiger partial charge in [0.1, 0.15) is 5.69 Å². The lowest BCUT2D eigenvalue weighted by Gasteiger charge is -2.10. The Morgan fingerprint density at radius 1 is 1.28 bits per heavy atom. The molecule has 25 heavy (non-hydrogen) atoms. The monoisotopic (exact) mass is 339 g/mol. The number of aromatic nitrogens is 3. The van der Waals surface area contributed by atoms with Crippen LogP contribution in [0, 0.1) is 6.92 Å². The highest BCUT2D eigenvalue weighted by Gasteiger charge is 2.12. The van der Waals surface area contributed by atoms with Gasteiger partial charge in [0.15, 0.2) is 5.76 Å². The summed E-state index contributed by atoms with van der Waals surface area (Å²) in [6, 6.07) is 9.25. The van der Waals surface area contributed by atoms with Gasteiger partial charge in [-0.3, -0.25) is 9.48 Å². The summed E-state index contributed by atoms with van der Waals surface area (Å²) in [5.74, 6) is 0.713. The average Bonchev–Trinajstić information content (AvgIpc) is 3.20. The molecule has 0 spiro atoms. The highest BCUT2D eigenvalue weighted by atomic mass is 16.5. The van der Waals surface area contributed by atoms with Crippen molar-refractivity contribution in [1.82, 2.24) is 19.8 Å². The van der Waals surface area contributed by atoms with Crippen molar-refractivity contribution in [2.24, 2.45) is 7.05 Å². The molecule has 0 atom stereocenters. The average molecular weight is 339 g/mol. The quantitative estimate of drug-likeness (QED) is 0.773. The summed E-state index contributed by atoms with van der Waals surface area (Å²) in [6.07, 6.45) is 1.78. The summed E-state index contributed by atoms with van der Waals surface area (Å²) in [6.45, 7) is 2.50. The van der Waals surface area contributed by atoms with Crippen molar-refractivity contribution in [3.05, 3.63) is 53.5 Å². The van der Waals surface area contributed by atoms with E-state index in [-0.39, 0.29) is 5.91 Å². The van der Waals surface area contributed by atoms with Gasteiger partial charge in [0, 0.05) is 49.7 Å². The maximum atomic E-state index is 11.9. The Hall–Kier alpha value is -3.09. The predicted octanol–water partition coefficient (Wildman–Crippen LogP) is 2.70. The maximum absolute atomic E-state index is 11.9. The van der Waals surface area contributed by atoms with Crippen LogP contribution in [0.15, 0.2) is 41.1 Å². The number of carbonyl (C=O) groups is 1. The van der Waals surface area contributed by atoms with Gasteiger partial charge in [-0.15, -0.1) is 0 Å². The first kappa shape index (κ1) is 16.8. The molecule has 0 aliphatic carbocycles. The lowest BCUT2D eigenvalue weighted by Crippen LogP contribution is -2.21. The lowest BCUT2D eigenvalue weighted by molar-refractivity contribution is 0.0827. The van der Waals surface area contributed by atoms with E-state index in [1.165, 1.54) is 0 Å². The summed E-state index contributed by atoms with van der Waals surface area (Å²) < 4.78 is 7.19. The second kappa shape index (κ2) is 6.80. The number of benzene rings is 1. The van der Waals surface area contributed by atoms with Gasteiger partial charge in [-0.05, 0) is 31.2 Å². The van der Waals surface area contributed by atoms with E-state index < -0.39 is 0 Å². The van der Waals surface area contributed by atoms with E-state index in [2.05, 4.69) is 15.6 Å². The van der Waals surface area contributed by atoms with E-state index in [1.54, 1.807) is 42.0 Å². The molecule has 0 saturated carbocycles. The van der Waals surface area contributed by atoms with Crippen LogP contribution in [0.3, 0.4) is 0 Å². The Morgan fingerprint density at radius 3 is 2.60 bits per heavy atom. The minimum atomic E-state index is -0.0155. The fourth-order valence-corrected chi connectivity index (χ4v) is 2.45. The van der Waals surface area contributed by atoms with E-state index in [1.807, 2.05) is 32.2 Å². The van der Waals surface area contributed by atoms with Crippen LogP contribution < -0.4 is 5.32 Å². The molecule has 7 nitrogen and oxygen atoms in total. The van der Waals surface area contributed by atoms with Crippen LogP contribution in [-0.2, 0) is 13.6 Å². The maximum Gasteiger partial charge on any atom is 0.253 e. The Bertz CT molecular complexity index is 877. The molecule has 3 aromatic rings. The first-order chi connectivity index (χ1) is 12.0. The summed E-state index contributed by atoms with van der Waals surface area (Å²) >= 11 is 0. The fourth-order valence-electron chi connectivity index (χ4n) is 2.45. The van der Waals surface area contributed by atoms with Crippen LogP contribution in [0.2, 0.25) is 0 Å². The molecule has 7 heteroatoms. The van der Waals surface area contributed by atoms with Crippen LogP contribution in [0.25, 0.3) is 11.3 Å². The molecule has 2 heterocycles. The molecule has 1 aromatic carbocycles. The van der Waals surface area contributed by atoms with Crippen molar-refractivity contribution in [1.29, 1.82) is 0 Å². The zero-order valence-corrected chi connectivity index (χ0v) is 14.8. The largest absolute Gasteiger partial charge is 0.378 e. The van der Waals surface area contributed by atoms with Gasteiger partial charge in [-0.2, -0.15) is 5.10 Å². The van der Waals surface area contributed by atoms with Crippen LogP contribution in [0.5, 0.6) is 0 Å². The zero-order valence-electron chi connectivity index (χ0n) is 14.8. The zero-order chi connectivity index (χ0) is 18.0. The second-order valence-corrected chi connectivity index (χ2v) is 6.08. The molecule has 130 valence electrons. The van der Waals surface area contributed by atoms with Gasteiger partial charge in [0.05, 0.1) is 12.7 Å². The third kappa shape index (κ3) is 3.55. The van der Waals surface area contributed by atoms with E-state index in [4.69, 9.17) is 4.52 Å². The lowest BCUT2D eigenvalue weighted by atomic mass is 10.2. The number of nitrogens with one attached hydrogen (secondary N) is 1. The number of hydrogen-bond donors (Lipinski definition) is 1. The molecule has 0 aliphatic heterocycles. The molecule has 2 aromatic heterocycles. The minimum absolute atomic E-state index is 0.0155. The summed E-state index contributed by atoms with van der Waals surface area (Å²) in [4.78, 5) is 13.4. The third-order valence-electron chi connectivity index (χ3n) is 4.07. The molecular formula is C18H21N5O2. The normalized spacial score (nSPS) is 10.7. The van der Waals surface area contributed by atoms with Gasteiger partial charge in [0.2, 0.25) is 0 Å². The number of hydrogen-bond acceptors (Lipinski definition) is 5. The summed E-state index contributed by atoms with van der Waals surface area (Å²) in [5, 5.41) is 11.6. The summed E-state index contributed by atoms with van der Waals surface area (Å²) in [5.41, 5.74) is 4.34. The molecule has 0 fully saturated rings. The van der Waals surface area contributed by atoms with E-state index in [9.17, 15) is 4.79 Å². The summed E-state index contributed by atoms with van der Waals surface area (Å²) in [7, 11) is 5.37. The number of carbonyl (C=O) groups excluding carboxylic acids is 1. The van der Waals surface area contributed by atoms with Gasteiger partial charge in [-0.25, -0.2) is 0 Å². The molecule has 0 bridgehead atoms. The van der Waals surface area contributed by atoms with Gasteiger partial charge in [0.25, 0.3) is 5.91 Å². The molecule has 0 unspecified atom stereocenters. The highest BCUT2D eigenvalue weighted by molar-refractivity contribution is 5.94. The number of anilines is 1. The smallest absolute Gasteiger partial charge is 0.253 e. The molecule has 3 rings (SSSR count). The second-order valence-electron chi connectivity index (χ2n) is 6.08. The van der Waals surface area contributed by atoms with Crippen molar-refractivity contribution in [3.63, 3.8) is 0 Å². The third-order valence-corrected chi connectivity index (χ3v) is 4.07. The number of amides is 1. The molecule has 0 radical (unpaired) electrons. The molecular weight excluding hydrogens is 318 g/mol. The number of aryl methyl sites for hydroxylation is 1. The molecule has 0 aliphatic rings. The predicted molar refractivity (Wildman–Crippen MR) is 95.2 cm³/mol. The van der Waals surface area contributed by atoms with Gasteiger partial charge < -0.3 is 14.7 Å². The van der Waals surface area contributed by atoms with Gasteiger partial charge >= 0.3 is 0 Å². The minimum Gasteiger partial charge on any atom is -0.378 e. The van der Waals surface area contributed by atoms with Crippen molar-refractivity contribution in [2.75, 3.05) is 19.4 Å². The van der Waals surface area contributed by atoms with Crippen molar-refractivity contribution < 1.29 is 9.32 Å². The van der Waals surface area contributed by atoms with E-state index in [0.29, 0.717) is 12.1 Å². The topological polar surface area (TPSA) is 76.2 Å². The number of nitrogens with zero attached hydrogens (tertiary/aromatic N) is 4. The molecule has 1 N–H and O–H groups in total. The first-order valence-corrected chi connectivity index (χ1v) is 7.96. The van der Waals surface area contributed by atoms with Crippen LogP contribution in [0.4, 0.5) is 5.69 Å². The van der Waals surface area contributed by atoms with Crippen molar-refractivity contribution in [2.45, 2.75) is 13.5 Å². The van der Waals surface area contributed by atoms with Crippen molar-refractivity contribution in [3.8, 4) is 11.3 Å². The van der Waals surface area contributed by atoms with E-state index >= 15 is 0 Å². The number of rotatable bonds is 5. The fraction of sp³-hybridized carbons (Fsp3) is 0.278. The van der Waals surface area contributed by atoms with Crippen LogP contribution >= 0.6 is 0 Å². The molecule has 0 saturated heterocycles. The van der Waals surface area contributed by atoms with Gasteiger partial charge in [-0.1, -0.05) is 5.16 Å². The van der Waals surface area contributed by atoms with Crippen LogP contribution in [-0.4, -0.2) is 39.8 Å². The molecule has 1 amide bonds. The SMILES string of the molecule is Cc1c(-c2cc(CNc3ccc(C(=O)N(C)C)cc3)on2)cnn1C. The Labute approximate surface area is 146 Å². The Morgan fingerprint density at radius 2 is 2.00 bits per heavy atom. The first-order valence-electron chi connectivity index (χ1n) is 7.96. The van der Waals surface area contributed by atoms with Crippen LogP contribution in [0.1, 0.15) is 21.8 Å². The Balaban J connectivity index is 1.64. The Kier molecular flexibility index (Phi) is 4.56. The highest BCUT2D eigenvalue weighted by Crippen LogP contribution is 2.22. The van der Waals surface area contributed by atoms with E-state index in [0.717, 1.165) is 28.4 Å². The standard InChI is InChI=1S/C18H21N5O2/c1-12-16(11-20-23(12)4)17-9-15(25-21-17)10-19-14-7-5-13(6-8-14)18(24)22(2)3/h5-9,11,19H,10H2,1-4H3.